The lowest BCUT2D eigenvalue weighted by Gasteiger charge is -2.41. The van der Waals surface area contributed by atoms with Gasteiger partial charge in [-0.2, -0.15) is 5.26 Å². The zero-order chi connectivity index (χ0) is 23.4. The maximum atomic E-state index is 12.3. The number of piperidine rings is 2. The quantitative estimate of drug-likeness (QED) is 0.656. The van der Waals surface area contributed by atoms with E-state index in [1.165, 1.54) is 24.0 Å². The molecule has 0 bridgehead atoms. The highest BCUT2D eigenvalue weighted by atomic mass is 16.2. The molecule has 33 heavy (non-hydrogen) atoms. The summed E-state index contributed by atoms with van der Waals surface area (Å²) in [6.45, 7) is 5.13. The van der Waals surface area contributed by atoms with Gasteiger partial charge in [0.25, 0.3) is 0 Å². The van der Waals surface area contributed by atoms with E-state index in [-0.39, 0.29) is 30.2 Å². The van der Waals surface area contributed by atoms with Crippen LogP contribution in [0, 0.1) is 23.2 Å². The van der Waals surface area contributed by atoms with Crippen molar-refractivity contribution < 1.29 is 9.59 Å². The lowest BCUT2D eigenvalue weighted by molar-refractivity contribution is -0.131. The van der Waals surface area contributed by atoms with Gasteiger partial charge in [-0.05, 0) is 81.7 Å². The predicted molar refractivity (Wildman–Crippen MR) is 127 cm³/mol. The number of hydrogen-bond donors (Lipinski definition) is 1. The zero-order valence-electron chi connectivity index (χ0n) is 19.8. The fourth-order valence-corrected chi connectivity index (χ4v) is 5.64. The highest BCUT2D eigenvalue weighted by Gasteiger charge is 2.36. The largest absolute Gasteiger partial charge is 0.369 e. The van der Waals surface area contributed by atoms with Crippen LogP contribution in [-0.2, 0) is 16.1 Å². The Balaban J connectivity index is 1.27. The molecule has 2 amide bonds. The number of nitriles is 1. The van der Waals surface area contributed by atoms with Crippen LogP contribution in [0.15, 0.2) is 24.3 Å². The third-order valence-corrected chi connectivity index (χ3v) is 7.84. The standard InChI is InChI=1S/C26H37N5O2/c1-29(24(32)8-13-27)25(21-6-7-21)20-4-2-19(3-5-20)18-30-14-11-23(12-15-30)31-16-9-22(10-17-31)26(28)33/h2-5,21-23,25H,6-12,14-18H2,1H3,(H2,28,33). The normalized spacial score (nSPS) is 21.9. The van der Waals surface area contributed by atoms with Gasteiger partial charge in [-0.15, -0.1) is 0 Å². The number of carbonyl (C=O) groups excluding carboxylic acids is 2. The number of hydrogen-bond acceptors (Lipinski definition) is 5. The molecule has 2 saturated heterocycles. The van der Waals surface area contributed by atoms with E-state index < -0.39 is 0 Å². The molecule has 1 aromatic rings. The molecule has 1 aromatic carbocycles. The molecule has 0 spiro atoms. The third-order valence-electron chi connectivity index (χ3n) is 7.84. The summed E-state index contributed by atoms with van der Waals surface area (Å²) < 4.78 is 0. The van der Waals surface area contributed by atoms with Crippen molar-refractivity contribution in [3.05, 3.63) is 35.4 Å². The van der Waals surface area contributed by atoms with E-state index in [0.717, 1.165) is 58.4 Å². The molecule has 7 nitrogen and oxygen atoms in total. The first-order valence-electron chi connectivity index (χ1n) is 12.4. The predicted octanol–water partition coefficient (Wildman–Crippen LogP) is 2.67. The molecule has 1 unspecified atom stereocenters. The Labute approximate surface area is 197 Å². The van der Waals surface area contributed by atoms with E-state index in [1.807, 2.05) is 13.1 Å². The van der Waals surface area contributed by atoms with Crippen molar-refractivity contribution >= 4 is 11.8 Å². The summed E-state index contributed by atoms with van der Waals surface area (Å²) in [5, 5.41) is 8.88. The number of carbonyl (C=O) groups is 2. The number of likely N-dealkylation sites (tertiary alicyclic amines) is 2. The van der Waals surface area contributed by atoms with Crippen molar-refractivity contribution in [3.63, 3.8) is 0 Å². The Bertz CT molecular complexity index is 860. The average Bonchev–Trinajstić information content (AvgIpc) is 3.66. The summed E-state index contributed by atoms with van der Waals surface area (Å²) in [6, 6.07) is 11.4. The second kappa shape index (κ2) is 10.7. The summed E-state index contributed by atoms with van der Waals surface area (Å²) in [5.41, 5.74) is 7.95. The van der Waals surface area contributed by atoms with Gasteiger partial charge in [0.05, 0.1) is 12.1 Å². The van der Waals surface area contributed by atoms with Crippen LogP contribution in [0.25, 0.3) is 0 Å². The van der Waals surface area contributed by atoms with Gasteiger partial charge >= 0.3 is 0 Å². The van der Waals surface area contributed by atoms with E-state index in [0.29, 0.717) is 12.0 Å². The highest BCUT2D eigenvalue weighted by Crippen LogP contribution is 2.44. The molecule has 4 rings (SSSR count). The number of rotatable bonds is 8. The van der Waals surface area contributed by atoms with Gasteiger partial charge in [0, 0.05) is 25.6 Å². The number of benzene rings is 1. The Morgan fingerprint density at radius 1 is 1.06 bits per heavy atom. The molecule has 178 valence electrons. The van der Waals surface area contributed by atoms with Crippen LogP contribution in [0.5, 0.6) is 0 Å². The van der Waals surface area contributed by atoms with Crippen LogP contribution >= 0.6 is 0 Å². The number of primary amides is 1. The van der Waals surface area contributed by atoms with E-state index in [1.54, 1.807) is 4.90 Å². The number of nitrogens with zero attached hydrogens (tertiary/aromatic N) is 4. The van der Waals surface area contributed by atoms with Crippen LogP contribution in [0.2, 0.25) is 0 Å². The van der Waals surface area contributed by atoms with Crippen LogP contribution in [0.3, 0.4) is 0 Å². The topological polar surface area (TPSA) is 93.7 Å². The van der Waals surface area contributed by atoms with Crippen molar-refractivity contribution in [2.24, 2.45) is 17.6 Å². The zero-order valence-corrected chi connectivity index (χ0v) is 19.8. The van der Waals surface area contributed by atoms with Crippen LogP contribution < -0.4 is 5.73 Å². The maximum Gasteiger partial charge on any atom is 0.237 e. The SMILES string of the molecule is CN(C(=O)CC#N)C(c1ccc(CN2CCC(N3CCC(C(N)=O)CC3)CC2)cc1)C1CC1. The van der Waals surface area contributed by atoms with Gasteiger partial charge in [0.1, 0.15) is 6.42 Å². The second-order valence-corrected chi connectivity index (χ2v) is 10.1. The van der Waals surface area contributed by atoms with Gasteiger partial charge in [0.2, 0.25) is 11.8 Å². The molecule has 1 saturated carbocycles. The monoisotopic (exact) mass is 451 g/mol. The van der Waals surface area contributed by atoms with E-state index >= 15 is 0 Å². The molecule has 0 radical (unpaired) electrons. The first-order valence-corrected chi connectivity index (χ1v) is 12.4. The van der Waals surface area contributed by atoms with Crippen molar-refractivity contribution in [2.75, 3.05) is 33.2 Å². The molecule has 1 aliphatic carbocycles. The molecule has 0 aromatic heterocycles. The molecule has 7 heteroatoms. The third kappa shape index (κ3) is 5.93. The summed E-state index contributed by atoms with van der Waals surface area (Å²) in [7, 11) is 1.83. The summed E-state index contributed by atoms with van der Waals surface area (Å²) in [4.78, 5) is 30.5. The van der Waals surface area contributed by atoms with Crippen LogP contribution in [0.4, 0.5) is 0 Å². The van der Waals surface area contributed by atoms with E-state index in [2.05, 4.69) is 34.1 Å². The van der Waals surface area contributed by atoms with Crippen LogP contribution in [0.1, 0.15) is 62.1 Å². The molecule has 2 N–H and O–H groups in total. The van der Waals surface area contributed by atoms with E-state index in [4.69, 9.17) is 11.0 Å². The minimum atomic E-state index is -0.139. The van der Waals surface area contributed by atoms with Crippen molar-refractivity contribution in [1.82, 2.24) is 14.7 Å². The van der Waals surface area contributed by atoms with Gasteiger partial charge in [-0.25, -0.2) is 0 Å². The lowest BCUT2D eigenvalue weighted by Crippen LogP contribution is -2.48. The van der Waals surface area contributed by atoms with Gasteiger partial charge in [0.15, 0.2) is 0 Å². The Morgan fingerprint density at radius 2 is 1.70 bits per heavy atom. The number of nitrogens with two attached hydrogens (primary N) is 1. The number of amides is 2. The molecule has 2 heterocycles. The molecular formula is C26H37N5O2. The first kappa shape index (κ1) is 23.7. The Morgan fingerprint density at radius 3 is 2.24 bits per heavy atom. The average molecular weight is 452 g/mol. The van der Waals surface area contributed by atoms with Gasteiger partial charge in [-0.3, -0.25) is 14.5 Å². The fourth-order valence-electron chi connectivity index (χ4n) is 5.64. The van der Waals surface area contributed by atoms with Crippen molar-refractivity contribution in [2.45, 2.75) is 63.6 Å². The fraction of sp³-hybridized carbons (Fsp3) is 0.654. The maximum absolute atomic E-state index is 12.3. The summed E-state index contributed by atoms with van der Waals surface area (Å²) in [6.07, 6.45) is 6.39. The molecule has 1 atom stereocenters. The highest BCUT2D eigenvalue weighted by molar-refractivity contribution is 5.78. The molecule has 2 aliphatic heterocycles. The Hall–Kier alpha value is -2.43. The minimum absolute atomic E-state index is 0.0586. The van der Waals surface area contributed by atoms with Crippen LogP contribution in [-0.4, -0.2) is 65.8 Å². The van der Waals surface area contributed by atoms with Crippen molar-refractivity contribution in [1.29, 1.82) is 5.26 Å². The molecular weight excluding hydrogens is 414 g/mol. The summed E-state index contributed by atoms with van der Waals surface area (Å²) in [5.74, 6) is 0.336. The second-order valence-electron chi connectivity index (χ2n) is 10.1. The first-order chi connectivity index (χ1) is 16.0. The minimum Gasteiger partial charge on any atom is -0.369 e. The van der Waals surface area contributed by atoms with Gasteiger partial charge < -0.3 is 15.5 Å². The van der Waals surface area contributed by atoms with Crippen molar-refractivity contribution in [3.8, 4) is 6.07 Å². The smallest absolute Gasteiger partial charge is 0.237 e. The molecule has 3 aliphatic rings. The summed E-state index contributed by atoms with van der Waals surface area (Å²) >= 11 is 0. The Kier molecular flexibility index (Phi) is 7.67. The lowest BCUT2D eigenvalue weighted by atomic mass is 9.93. The van der Waals surface area contributed by atoms with E-state index in [9.17, 15) is 9.59 Å². The van der Waals surface area contributed by atoms with Gasteiger partial charge in [-0.1, -0.05) is 24.3 Å². The molecule has 3 fully saturated rings.